The van der Waals surface area contributed by atoms with Gasteiger partial charge in [-0.25, -0.2) is 0 Å². The van der Waals surface area contributed by atoms with E-state index in [4.69, 9.17) is 0 Å². The highest BCUT2D eigenvalue weighted by Crippen LogP contribution is 2.44. The molecule has 6 nitrogen and oxygen atoms in total. The number of nitrogens with zero attached hydrogens (tertiary/aromatic N) is 3. The van der Waals surface area contributed by atoms with Crippen molar-refractivity contribution < 1.29 is 14.7 Å². The molecule has 2 atom stereocenters. The minimum absolute atomic E-state index is 0.0156. The molecule has 128 valence electrons. The number of hydrogen-bond donors (Lipinski definition) is 1. The monoisotopic (exact) mass is 321 g/mol. The van der Waals surface area contributed by atoms with Crippen LogP contribution in [0.5, 0.6) is 0 Å². The molecular weight excluding hydrogens is 294 g/mol. The van der Waals surface area contributed by atoms with Crippen molar-refractivity contribution in [1.29, 1.82) is 0 Å². The zero-order valence-corrected chi connectivity index (χ0v) is 13.9. The summed E-state index contributed by atoms with van der Waals surface area (Å²) in [5.41, 5.74) is -0.925. The molecule has 3 heterocycles. The maximum absolute atomic E-state index is 12.5. The summed E-state index contributed by atoms with van der Waals surface area (Å²) in [6, 6.07) is 0. The lowest BCUT2D eigenvalue weighted by Gasteiger charge is -2.32. The fourth-order valence-electron chi connectivity index (χ4n) is 4.46. The predicted octanol–water partition coefficient (Wildman–Crippen LogP) is 0.359. The van der Waals surface area contributed by atoms with Gasteiger partial charge in [0.25, 0.3) is 0 Å². The molecule has 0 saturated carbocycles. The molecule has 3 saturated heterocycles. The third kappa shape index (κ3) is 2.90. The average Bonchev–Trinajstić information content (AvgIpc) is 2.99. The van der Waals surface area contributed by atoms with Gasteiger partial charge < -0.3 is 19.8 Å². The first-order chi connectivity index (χ1) is 11.0. The van der Waals surface area contributed by atoms with E-state index >= 15 is 0 Å². The molecule has 23 heavy (non-hydrogen) atoms. The van der Waals surface area contributed by atoms with Crippen LogP contribution in [0.25, 0.3) is 0 Å². The van der Waals surface area contributed by atoms with Gasteiger partial charge in [-0.1, -0.05) is 6.08 Å². The van der Waals surface area contributed by atoms with Crippen LogP contribution in [0.4, 0.5) is 0 Å². The van der Waals surface area contributed by atoms with Crippen LogP contribution in [0.15, 0.2) is 12.7 Å². The number of carboxylic acid groups (broad SMARTS) is 1. The van der Waals surface area contributed by atoms with Crippen LogP contribution in [-0.4, -0.2) is 84.5 Å². The zero-order chi connectivity index (χ0) is 16.6. The van der Waals surface area contributed by atoms with E-state index < -0.39 is 17.3 Å². The standard InChI is InChI=1S/C17H27N3O3/c1-3-6-20-12-17(16(22)23)11-19(10-14(17)15(20)21)9-13-4-7-18(2)8-5-13/h3,13-14H,1,4-12H2,2H3,(H,22,23)/t14-,17-/m0/s1. The summed E-state index contributed by atoms with van der Waals surface area (Å²) < 4.78 is 0. The van der Waals surface area contributed by atoms with Gasteiger partial charge in [0, 0.05) is 32.7 Å². The van der Waals surface area contributed by atoms with E-state index in [1.807, 2.05) is 0 Å². The number of rotatable bonds is 5. The Morgan fingerprint density at radius 1 is 1.39 bits per heavy atom. The van der Waals surface area contributed by atoms with Gasteiger partial charge in [0.1, 0.15) is 5.41 Å². The van der Waals surface area contributed by atoms with Crippen molar-refractivity contribution in [3.8, 4) is 0 Å². The van der Waals surface area contributed by atoms with Crippen LogP contribution in [-0.2, 0) is 9.59 Å². The fourth-order valence-corrected chi connectivity index (χ4v) is 4.46. The van der Waals surface area contributed by atoms with Crippen LogP contribution in [0.2, 0.25) is 0 Å². The second-order valence-corrected chi connectivity index (χ2v) is 7.46. The molecule has 3 fully saturated rings. The molecular formula is C17H27N3O3. The van der Waals surface area contributed by atoms with Crippen LogP contribution >= 0.6 is 0 Å². The third-order valence-corrected chi connectivity index (χ3v) is 5.83. The molecule has 0 aliphatic carbocycles. The largest absolute Gasteiger partial charge is 0.481 e. The molecule has 0 aromatic heterocycles. The lowest BCUT2D eigenvalue weighted by atomic mass is 9.81. The van der Waals surface area contributed by atoms with Crippen molar-refractivity contribution in [3.05, 3.63) is 12.7 Å². The predicted molar refractivity (Wildman–Crippen MR) is 87.0 cm³/mol. The van der Waals surface area contributed by atoms with E-state index in [0.29, 0.717) is 32.1 Å². The Hall–Kier alpha value is -1.40. The van der Waals surface area contributed by atoms with Gasteiger partial charge in [-0.15, -0.1) is 6.58 Å². The van der Waals surface area contributed by atoms with E-state index in [1.54, 1.807) is 11.0 Å². The number of piperidine rings is 1. The van der Waals surface area contributed by atoms with E-state index in [0.717, 1.165) is 32.5 Å². The van der Waals surface area contributed by atoms with E-state index in [1.165, 1.54) is 0 Å². The Kier molecular flexibility index (Phi) is 4.47. The Bertz CT molecular complexity index is 501. The molecule has 0 aromatic rings. The Morgan fingerprint density at radius 3 is 2.65 bits per heavy atom. The van der Waals surface area contributed by atoms with Crippen LogP contribution in [0.1, 0.15) is 12.8 Å². The number of carboxylic acids is 1. The van der Waals surface area contributed by atoms with E-state index in [9.17, 15) is 14.7 Å². The normalized spacial score (nSPS) is 33.2. The molecule has 3 aliphatic heterocycles. The van der Waals surface area contributed by atoms with Crippen molar-refractivity contribution in [2.75, 3.05) is 52.9 Å². The molecule has 0 spiro atoms. The summed E-state index contributed by atoms with van der Waals surface area (Å²) in [6.45, 7) is 8.66. The fraction of sp³-hybridized carbons (Fsp3) is 0.765. The summed E-state index contributed by atoms with van der Waals surface area (Å²) in [7, 11) is 2.14. The number of hydrogen-bond acceptors (Lipinski definition) is 4. The maximum atomic E-state index is 12.5. The topological polar surface area (TPSA) is 64.1 Å². The second-order valence-electron chi connectivity index (χ2n) is 7.46. The molecule has 1 N–H and O–H groups in total. The van der Waals surface area contributed by atoms with Crippen molar-refractivity contribution in [3.63, 3.8) is 0 Å². The van der Waals surface area contributed by atoms with Gasteiger partial charge >= 0.3 is 5.97 Å². The highest BCUT2D eigenvalue weighted by molar-refractivity contribution is 5.92. The van der Waals surface area contributed by atoms with Crippen molar-refractivity contribution >= 4 is 11.9 Å². The lowest BCUT2D eigenvalue weighted by Crippen LogP contribution is -2.42. The SMILES string of the molecule is C=CCN1C[C@@]2(C(=O)O)CN(CC3CCN(C)CC3)C[C@H]2C1=O. The number of aliphatic carboxylic acids is 1. The van der Waals surface area contributed by atoms with Gasteiger partial charge in [-0.2, -0.15) is 0 Å². The second kappa shape index (κ2) is 6.24. The van der Waals surface area contributed by atoms with Gasteiger partial charge in [-0.3, -0.25) is 9.59 Å². The lowest BCUT2D eigenvalue weighted by molar-refractivity contribution is -0.149. The quantitative estimate of drug-likeness (QED) is 0.741. The molecule has 1 amide bonds. The third-order valence-electron chi connectivity index (χ3n) is 5.83. The van der Waals surface area contributed by atoms with E-state index in [2.05, 4.69) is 23.4 Å². The van der Waals surface area contributed by atoms with Crippen LogP contribution < -0.4 is 0 Å². The number of carbonyl (C=O) groups excluding carboxylic acids is 1. The number of fused-ring (bicyclic) bond motifs is 1. The first-order valence-corrected chi connectivity index (χ1v) is 8.50. The molecule has 0 aromatic carbocycles. The number of carbonyl (C=O) groups is 2. The Balaban J connectivity index is 1.67. The molecule has 0 unspecified atom stereocenters. The minimum Gasteiger partial charge on any atom is -0.481 e. The number of likely N-dealkylation sites (tertiary alicyclic amines) is 3. The molecule has 0 radical (unpaired) electrons. The summed E-state index contributed by atoms with van der Waals surface area (Å²) in [6.07, 6.45) is 3.99. The van der Waals surface area contributed by atoms with E-state index in [-0.39, 0.29) is 5.91 Å². The number of amides is 1. The first kappa shape index (κ1) is 16.5. The van der Waals surface area contributed by atoms with Gasteiger partial charge in [-0.05, 0) is 38.9 Å². The average molecular weight is 321 g/mol. The smallest absolute Gasteiger partial charge is 0.313 e. The summed E-state index contributed by atoms with van der Waals surface area (Å²) >= 11 is 0. The first-order valence-electron chi connectivity index (χ1n) is 8.50. The maximum Gasteiger partial charge on any atom is 0.313 e. The van der Waals surface area contributed by atoms with Gasteiger partial charge in [0.15, 0.2) is 0 Å². The molecule has 6 heteroatoms. The van der Waals surface area contributed by atoms with Crippen molar-refractivity contribution in [1.82, 2.24) is 14.7 Å². The highest BCUT2D eigenvalue weighted by Gasteiger charge is 2.61. The Labute approximate surface area is 137 Å². The van der Waals surface area contributed by atoms with Crippen LogP contribution in [0, 0.1) is 17.3 Å². The van der Waals surface area contributed by atoms with Crippen LogP contribution in [0.3, 0.4) is 0 Å². The molecule has 3 aliphatic rings. The minimum atomic E-state index is -0.925. The van der Waals surface area contributed by atoms with Crippen molar-refractivity contribution in [2.45, 2.75) is 12.8 Å². The molecule has 3 rings (SSSR count). The summed E-state index contributed by atoms with van der Waals surface area (Å²) in [5.74, 6) is -0.618. The van der Waals surface area contributed by atoms with Gasteiger partial charge in [0.2, 0.25) is 5.91 Å². The highest BCUT2D eigenvalue weighted by atomic mass is 16.4. The Morgan fingerprint density at radius 2 is 2.09 bits per heavy atom. The molecule has 0 bridgehead atoms. The summed E-state index contributed by atoms with van der Waals surface area (Å²) in [5, 5.41) is 9.80. The zero-order valence-electron chi connectivity index (χ0n) is 13.9. The van der Waals surface area contributed by atoms with Gasteiger partial charge in [0.05, 0.1) is 5.92 Å². The van der Waals surface area contributed by atoms with Crippen molar-refractivity contribution in [2.24, 2.45) is 17.3 Å². The summed E-state index contributed by atoms with van der Waals surface area (Å²) in [4.78, 5) is 30.7.